The van der Waals surface area contributed by atoms with Gasteiger partial charge in [0.2, 0.25) is 11.6 Å². The zero-order valence-corrected chi connectivity index (χ0v) is 11.2. The van der Waals surface area contributed by atoms with Crippen LogP contribution >= 0.6 is 0 Å². The summed E-state index contributed by atoms with van der Waals surface area (Å²) in [6.07, 6.45) is 0. The number of carbonyl (C=O) groups excluding carboxylic acids is 2. The van der Waals surface area contributed by atoms with Gasteiger partial charge in [0.1, 0.15) is 0 Å². The first-order chi connectivity index (χ1) is 7.73. The van der Waals surface area contributed by atoms with Gasteiger partial charge in [-0.25, -0.2) is 0 Å². The molecule has 0 saturated heterocycles. The molecule has 1 aromatic rings. The highest BCUT2D eigenvalue weighted by Crippen LogP contribution is 2.22. The zero-order chi connectivity index (χ0) is 13.2. The summed E-state index contributed by atoms with van der Waals surface area (Å²) in [6.45, 7) is 9.82. The van der Waals surface area contributed by atoms with E-state index < -0.39 is 0 Å². The van der Waals surface area contributed by atoms with Crippen LogP contribution in [0.3, 0.4) is 0 Å². The Morgan fingerprint density at radius 1 is 1.00 bits per heavy atom. The van der Waals surface area contributed by atoms with Gasteiger partial charge in [0, 0.05) is 11.5 Å². The molecule has 0 amide bonds. The molecule has 0 bridgehead atoms. The summed E-state index contributed by atoms with van der Waals surface area (Å²) in [6, 6.07) is 7.31. The minimum Gasteiger partial charge on any atom is -0.290 e. The van der Waals surface area contributed by atoms with Crippen molar-refractivity contribution in [3.05, 3.63) is 35.4 Å². The lowest BCUT2D eigenvalue weighted by Gasteiger charge is -2.18. The zero-order valence-electron chi connectivity index (χ0n) is 11.2. The highest BCUT2D eigenvalue weighted by atomic mass is 16.2. The molecule has 0 radical (unpaired) electrons. The molecule has 0 N–H and O–H groups in total. The van der Waals surface area contributed by atoms with Crippen molar-refractivity contribution in [3.8, 4) is 0 Å². The maximum absolute atomic E-state index is 11.8. The first-order valence-corrected chi connectivity index (χ1v) is 5.92. The monoisotopic (exact) mass is 232 g/mol. The SMILES string of the molecule is CC(C)C(=O)C(=O)c1ccc(C(C)(C)C)cc1. The fourth-order valence-electron chi connectivity index (χ4n) is 1.53. The molecule has 1 rings (SSSR count). The average molecular weight is 232 g/mol. The van der Waals surface area contributed by atoms with E-state index in [9.17, 15) is 9.59 Å². The first-order valence-electron chi connectivity index (χ1n) is 5.92. The van der Waals surface area contributed by atoms with E-state index in [1.165, 1.54) is 0 Å². The summed E-state index contributed by atoms with van der Waals surface area (Å²) >= 11 is 0. The number of rotatable bonds is 3. The second-order valence-electron chi connectivity index (χ2n) is 5.68. The normalized spacial score (nSPS) is 11.6. The third-order valence-electron chi connectivity index (χ3n) is 2.76. The van der Waals surface area contributed by atoms with Crippen molar-refractivity contribution in [2.45, 2.75) is 40.0 Å². The molecule has 2 heteroatoms. The van der Waals surface area contributed by atoms with Crippen LogP contribution < -0.4 is 0 Å². The predicted octanol–water partition coefficient (Wildman–Crippen LogP) is 3.39. The van der Waals surface area contributed by atoms with Gasteiger partial charge in [0.25, 0.3) is 0 Å². The topological polar surface area (TPSA) is 34.1 Å². The number of ketones is 2. The summed E-state index contributed by atoms with van der Waals surface area (Å²) in [5.74, 6) is -0.959. The number of carbonyl (C=O) groups is 2. The van der Waals surface area contributed by atoms with Gasteiger partial charge in [-0.15, -0.1) is 0 Å². The van der Waals surface area contributed by atoms with Crippen molar-refractivity contribution in [3.63, 3.8) is 0 Å². The van der Waals surface area contributed by atoms with E-state index in [0.717, 1.165) is 5.56 Å². The summed E-state index contributed by atoms with van der Waals surface area (Å²) in [4.78, 5) is 23.4. The second kappa shape index (κ2) is 4.82. The van der Waals surface area contributed by atoms with Crippen LogP contribution in [0.25, 0.3) is 0 Å². The number of hydrogen-bond acceptors (Lipinski definition) is 2. The quantitative estimate of drug-likeness (QED) is 0.591. The molecule has 0 fully saturated rings. The van der Waals surface area contributed by atoms with E-state index >= 15 is 0 Å². The lowest BCUT2D eigenvalue weighted by Crippen LogP contribution is -2.20. The minimum absolute atomic E-state index is 0.0592. The molecule has 17 heavy (non-hydrogen) atoms. The summed E-state index contributed by atoms with van der Waals surface area (Å²) < 4.78 is 0. The molecule has 0 aliphatic heterocycles. The summed E-state index contributed by atoms with van der Waals surface area (Å²) in [5, 5.41) is 0. The Morgan fingerprint density at radius 3 is 1.82 bits per heavy atom. The van der Waals surface area contributed by atoms with Gasteiger partial charge >= 0.3 is 0 Å². The standard InChI is InChI=1S/C15H20O2/c1-10(2)13(16)14(17)11-6-8-12(9-7-11)15(3,4)5/h6-10H,1-5H3. The molecule has 2 nitrogen and oxygen atoms in total. The molecule has 0 unspecified atom stereocenters. The van der Waals surface area contributed by atoms with Gasteiger partial charge in [0.15, 0.2) is 0 Å². The minimum atomic E-state index is -0.388. The fourth-order valence-corrected chi connectivity index (χ4v) is 1.53. The summed E-state index contributed by atoms with van der Waals surface area (Å²) in [5.41, 5.74) is 1.70. The van der Waals surface area contributed by atoms with Crippen LogP contribution in [0.5, 0.6) is 0 Å². The van der Waals surface area contributed by atoms with Gasteiger partial charge in [-0.05, 0) is 11.0 Å². The van der Waals surface area contributed by atoms with E-state index in [1.807, 2.05) is 12.1 Å². The number of benzene rings is 1. The Kier molecular flexibility index (Phi) is 3.87. The smallest absolute Gasteiger partial charge is 0.228 e. The van der Waals surface area contributed by atoms with Gasteiger partial charge in [-0.1, -0.05) is 58.9 Å². The van der Waals surface area contributed by atoms with E-state index in [-0.39, 0.29) is 22.9 Å². The van der Waals surface area contributed by atoms with E-state index in [1.54, 1.807) is 26.0 Å². The third-order valence-corrected chi connectivity index (χ3v) is 2.76. The predicted molar refractivity (Wildman–Crippen MR) is 69.3 cm³/mol. The first kappa shape index (κ1) is 13.6. The highest BCUT2D eigenvalue weighted by molar-refractivity contribution is 6.44. The van der Waals surface area contributed by atoms with Crippen LogP contribution in [0.4, 0.5) is 0 Å². The Balaban J connectivity index is 2.96. The third kappa shape index (κ3) is 3.26. The number of hydrogen-bond donors (Lipinski definition) is 0. The maximum Gasteiger partial charge on any atom is 0.228 e. The van der Waals surface area contributed by atoms with Gasteiger partial charge in [-0.2, -0.15) is 0 Å². The Labute approximate surface area is 103 Å². The van der Waals surface area contributed by atoms with Crippen LogP contribution in [0, 0.1) is 5.92 Å². The van der Waals surface area contributed by atoms with Crippen molar-refractivity contribution >= 4 is 11.6 Å². The Morgan fingerprint density at radius 2 is 1.47 bits per heavy atom. The van der Waals surface area contributed by atoms with E-state index in [2.05, 4.69) is 20.8 Å². The van der Waals surface area contributed by atoms with Crippen molar-refractivity contribution in [2.75, 3.05) is 0 Å². The molecular formula is C15H20O2. The van der Waals surface area contributed by atoms with Crippen LogP contribution in [0.15, 0.2) is 24.3 Å². The largest absolute Gasteiger partial charge is 0.290 e. The Bertz CT molecular complexity index is 419. The molecule has 92 valence electrons. The van der Waals surface area contributed by atoms with Crippen LogP contribution in [-0.4, -0.2) is 11.6 Å². The number of Topliss-reactive ketones (excluding diaryl/α,β-unsaturated/α-hetero) is 2. The molecule has 1 aromatic carbocycles. The van der Waals surface area contributed by atoms with Crippen LogP contribution in [0.1, 0.15) is 50.5 Å². The molecule has 0 spiro atoms. The van der Waals surface area contributed by atoms with Crippen molar-refractivity contribution < 1.29 is 9.59 Å². The summed E-state index contributed by atoms with van der Waals surface area (Å²) in [7, 11) is 0. The fraction of sp³-hybridized carbons (Fsp3) is 0.467. The lowest BCUT2D eigenvalue weighted by molar-refractivity contribution is -0.117. The van der Waals surface area contributed by atoms with Crippen molar-refractivity contribution in [1.29, 1.82) is 0 Å². The molecule has 0 atom stereocenters. The van der Waals surface area contributed by atoms with Gasteiger partial charge in [0.05, 0.1) is 0 Å². The Hall–Kier alpha value is -1.44. The molecular weight excluding hydrogens is 212 g/mol. The van der Waals surface area contributed by atoms with Gasteiger partial charge in [-0.3, -0.25) is 9.59 Å². The van der Waals surface area contributed by atoms with E-state index in [0.29, 0.717) is 5.56 Å². The van der Waals surface area contributed by atoms with Gasteiger partial charge < -0.3 is 0 Å². The van der Waals surface area contributed by atoms with E-state index in [4.69, 9.17) is 0 Å². The van der Waals surface area contributed by atoms with Crippen molar-refractivity contribution in [2.24, 2.45) is 5.92 Å². The molecule has 0 aromatic heterocycles. The molecule has 0 aliphatic carbocycles. The highest BCUT2D eigenvalue weighted by Gasteiger charge is 2.20. The average Bonchev–Trinajstić information content (AvgIpc) is 2.26. The molecule has 0 heterocycles. The maximum atomic E-state index is 11.8. The van der Waals surface area contributed by atoms with Crippen LogP contribution in [0.2, 0.25) is 0 Å². The molecule has 0 saturated carbocycles. The second-order valence-corrected chi connectivity index (χ2v) is 5.68. The lowest BCUT2D eigenvalue weighted by atomic mass is 9.86. The van der Waals surface area contributed by atoms with Crippen molar-refractivity contribution in [1.82, 2.24) is 0 Å². The van der Waals surface area contributed by atoms with Crippen LogP contribution in [-0.2, 0) is 10.2 Å². The molecule has 0 aliphatic rings.